The van der Waals surface area contributed by atoms with E-state index < -0.39 is 23.6 Å². The topological polar surface area (TPSA) is 112 Å². The molecule has 0 saturated carbocycles. The molecule has 3 amide bonds. The quantitative estimate of drug-likeness (QED) is 0.401. The Morgan fingerprint density at radius 1 is 1.09 bits per heavy atom. The van der Waals surface area contributed by atoms with Gasteiger partial charge >= 0.3 is 6.09 Å². The van der Waals surface area contributed by atoms with E-state index in [2.05, 4.69) is 17.6 Å². The highest BCUT2D eigenvalue weighted by molar-refractivity contribution is 5.90. The average molecular weight is 445 g/mol. The number of unbranched alkanes of at least 4 members (excludes halogenated alkanes) is 2. The van der Waals surface area contributed by atoms with Crippen LogP contribution >= 0.6 is 0 Å². The van der Waals surface area contributed by atoms with E-state index in [1.54, 1.807) is 32.9 Å². The van der Waals surface area contributed by atoms with Gasteiger partial charge < -0.3 is 20.3 Å². The second kappa shape index (κ2) is 13.4. The molecule has 0 saturated heterocycles. The fourth-order valence-corrected chi connectivity index (χ4v) is 3.05. The van der Waals surface area contributed by atoms with E-state index in [1.165, 1.54) is 4.90 Å². The molecule has 2 N–H and O–H groups in total. The number of nitrogens with zero attached hydrogens (tertiary/aromatic N) is 2. The number of carbonyl (C=O) groups excluding carboxylic acids is 3. The Morgan fingerprint density at radius 2 is 1.75 bits per heavy atom. The van der Waals surface area contributed by atoms with E-state index in [-0.39, 0.29) is 19.0 Å². The Kier molecular flexibility index (Phi) is 11.3. The molecule has 0 spiro atoms. The predicted octanol–water partition coefficient (Wildman–Crippen LogP) is 3.47. The molecule has 0 heterocycles. The molecule has 1 aromatic rings. The van der Waals surface area contributed by atoms with Gasteiger partial charge in [0.15, 0.2) is 0 Å². The Bertz CT molecular complexity index is 794. The van der Waals surface area contributed by atoms with Gasteiger partial charge in [-0.15, -0.1) is 0 Å². The molecule has 0 aromatic heterocycles. The second-order valence-corrected chi connectivity index (χ2v) is 8.53. The van der Waals surface area contributed by atoms with E-state index in [1.807, 2.05) is 25.1 Å². The van der Waals surface area contributed by atoms with Gasteiger partial charge in [0.25, 0.3) is 0 Å². The number of rotatable bonds is 11. The standard InChI is InChI=1S/C24H36N4O4/c1-6-8-9-15-26-22(30)21(19-12-10-18(7-2)11-13-19)28(16-14-25)20(29)17-27-23(31)32-24(3,4)5/h10-13,21H,6-9,15-17H2,1-5H3,(H,26,30)(H,27,31). The van der Waals surface area contributed by atoms with Crippen molar-refractivity contribution < 1.29 is 19.1 Å². The van der Waals surface area contributed by atoms with Crippen molar-refractivity contribution in [3.05, 3.63) is 35.4 Å². The number of nitrogens with one attached hydrogen (secondary N) is 2. The number of ether oxygens (including phenoxy) is 1. The van der Waals surface area contributed by atoms with Crippen LogP contribution in [0.25, 0.3) is 0 Å². The summed E-state index contributed by atoms with van der Waals surface area (Å²) in [6.45, 7) is 9.06. The Morgan fingerprint density at radius 3 is 2.28 bits per heavy atom. The molecule has 0 aliphatic carbocycles. The van der Waals surface area contributed by atoms with Crippen molar-refractivity contribution in [1.29, 1.82) is 5.26 Å². The maximum absolute atomic E-state index is 13.1. The largest absolute Gasteiger partial charge is 0.444 e. The van der Waals surface area contributed by atoms with Crippen molar-refractivity contribution in [3.63, 3.8) is 0 Å². The first kappa shape index (κ1) is 27.0. The maximum atomic E-state index is 13.1. The van der Waals surface area contributed by atoms with Crippen LogP contribution < -0.4 is 10.6 Å². The Hall–Kier alpha value is -3.08. The molecule has 32 heavy (non-hydrogen) atoms. The molecule has 1 rings (SSSR count). The number of hydrogen-bond acceptors (Lipinski definition) is 5. The number of benzene rings is 1. The molecule has 0 bridgehead atoms. The minimum Gasteiger partial charge on any atom is -0.444 e. The second-order valence-electron chi connectivity index (χ2n) is 8.53. The smallest absolute Gasteiger partial charge is 0.408 e. The molecular weight excluding hydrogens is 408 g/mol. The number of amides is 3. The fourth-order valence-electron chi connectivity index (χ4n) is 3.05. The lowest BCUT2D eigenvalue weighted by Crippen LogP contribution is -2.48. The van der Waals surface area contributed by atoms with Crippen LogP contribution in [-0.4, -0.2) is 48.0 Å². The van der Waals surface area contributed by atoms with Crippen LogP contribution in [0.2, 0.25) is 0 Å². The van der Waals surface area contributed by atoms with Crippen molar-refractivity contribution in [3.8, 4) is 6.07 Å². The molecule has 8 heteroatoms. The summed E-state index contributed by atoms with van der Waals surface area (Å²) in [5, 5.41) is 14.6. The zero-order valence-corrected chi connectivity index (χ0v) is 19.9. The van der Waals surface area contributed by atoms with Gasteiger partial charge in [-0.2, -0.15) is 5.26 Å². The summed E-state index contributed by atoms with van der Waals surface area (Å²) < 4.78 is 5.16. The van der Waals surface area contributed by atoms with Crippen LogP contribution in [0.3, 0.4) is 0 Å². The highest BCUT2D eigenvalue weighted by atomic mass is 16.6. The summed E-state index contributed by atoms with van der Waals surface area (Å²) in [6, 6.07) is 8.39. The van der Waals surface area contributed by atoms with Crippen molar-refractivity contribution in [2.75, 3.05) is 19.6 Å². The van der Waals surface area contributed by atoms with E-state index >= 15 is 0 Å². The third-order valence-corrected chi connectivity index (χ3v) is 4.69. The molecule has 176 valence electrons. The molecule has 0 radical (unpaired) electrons. The first-order chi connectivity index (χ1) is 15.1. The zero-order chi connectivity index (χ0) is 24.1. The normalized spacial score (nSPS) is 11.8. The number of carbonyl (C=O) groups is 3. The molecule has 0 fully saturated rings. The van der Waals surface area contributed by atoms with Crippen LogP contribution in [0, 0.1) is 11.3 Å². The molecule has 1 unspecified atom stereocenters. The van der Waals surface area contributed by atoms with Crippen LogP contribution in [0.15, 0.2) is 24.3 Å². The summed E-state index contributed by atoms with van der Waals surface area (Å²) >= 11 is 0. The SMILES string of the molecule is CCCCCNC(=O)C(c1ccc(CC)cc1)N(CC#N)C(=O)CNC(=O)OC(C)(C)C. The monoisotopic (exact) mass is 444 g/mol. The molecule has 1 aromatic carbocycles. The van der Waals surface area contributed by atoms with Crippen molar-refractivity contribution in [1.82, 2.24) is 15.5 Å². The predicted molar refractivity (Wildman–Crippen MR) is 123 cm³/mol. The summed E-state index contributed by atoms with van der Waals surface area (Å²) in [6.07, 6.45) is 2.94. The molecule has 1 atom stereocenters. The molecule has 0 aliphatic heterocycles. The van der Waals surface area contributed by atoms with Crippen LogP contribution in [0.4, 0.5) is 4.79 Å². The Labute approximate surface area is 191 Å². The first-order valence-electron chi connectivity index (χ1n) is 11.1. The highest BCUT2D eigenvalue weighted by Gasteiger charge is 2.31. The van der Waals surface area contributed by atoms with Gasteiger partial charge in [0, 0.05) is 6.54 Å². The van der Waals surface area contributed by atoms with Gasteiger partial charge in [-0.25, -0.2) is 4.79 Å². The van der Waals surface area contributed by atoms with E-state index in [9.17, 15) is 19.6 Å². The molecule has 8 nitrogen and oxygen atoms in total. The summed E-state index contributed by atoms with van der Waals surface area (Å²) in [5.74, 6) is -0.906. The van der Waals surface area contributed by atoms with Gasteiger partial charge in [-0.3, -0.25) is 9.59 Å². The van der Waals surface area contributed by atoms with Crippen molar-refractivity contribution in [2.24, 2.45) is 0 Å². The van der Waals surface area contributed by atoms with E-state index in [4.69, 9.17) is 4.74 Å². The number of hydrogen-bond donors (Lipinski definition) is 2. The van der Waals surface area contributed by atoms with Gasteiger partial charge in [0.05, 0.1) is 6.07 Å². The average Bonchev–Trinajstić information content (AvgIpc) is 2.74. The van der Waals surface area contributed by atoms with Gasteiger partial charge in [0.2, 0.25) is 11.8 Å². The number of nitriles is 1. The Balaban J connectivity index is 3.08. The minimum atomic E-state index is -0.977. The third-order valence-electron chi connectivity index (χ3n) is 4.69. The third kappa shape index (κ3) is 9.38. The van der Waals surface area contributed by atoms with E-state index in [0.29, 0.717) is 12.1 Å². The van der Waals surface area contributed by atoms with Gasteiger partial charge in [-0.05, 0) is 44.7 Å². The van der Waals surface area contributed by atoms with Crippen LogP contribution in [-0.2, 0) is 20.7 Å². The van der Waals surface area contributed by atoms with Crippen LogP contribution in [0.1, 0.15) is 71.0 Å². The van der Waals surface area contributed by atoms with Gasteiger partial charge in [-0.1, -0.05) is 51.0 Å². The van der Waals surface area contributed by atoms with E-state index in [0.717, 1.165) is 31.2 Å². The maximum Gasteiger partial charge on any atom is 0.408 e. The summed E-state index contributed by atoms with van der Waals surface area (Å²) in [5.41, 5.74) is 0.998. The fraction of sp³-hybridized carbons (Fsp3) is 0.583. The van der Waals surface area contributed by atoms with Gasteiger partial charge in [0.1, 0.15) is 24.7 Å². The number of aryl methyl sites for hydroxylation is 1. The number of alkyl carbamates (subject to hydrolysis) is 1. The summed E-state index contributed by atoms with van der Waals surface area (Å²) in [7, 11) is 0. The lowest BCUT2D eigenvalue weighted by Gasteiger charge is -2.30. The summed E-state index contributed by atoms with van der Waals surface area (Å²) in [4.78, 5) is 39.2. The lowest BCUT2D eigenvalue weighted by atomic mass is 10.0. The molecule has 0 aliphatic rings. The minimum absolute atomic E-state index is 0.294. The molecular formula is C24H36N4O4. The first-order valence-corrected chi connectivity index (χ1v) is 11.1. The van der Waals surface area contributed by atoms with Crippen molar-refractivity contribution >= 4 is 17.9 Å². The highest BCUT2D eigenvalue weighted by Crippen LogP contribution is 2.22. The zero-order valence-electron chi connectivity index (χ0n) is 19.9. The lowest BCUT2D eigenvalue weighted by molar-refractivity contribution is -0.139. The van der Waals surface area contributed by atoms with Crippen LogP contribution in [0.5, 0.6) is 0 Å². The van der Waals surface area contributed by atoms with Crippen molar-refractivity contribution in [2.45, 2.75) is 71.9 Å².